The fourth-order valence-electron chi connectivity index (χ4n) is 2.11. The molecule has 6 heteroatoms. The summed E-state index contributed by atoms with van der Waals surface area (Å²) in [5, 5.41) is 21.5. The van der Waals surface area contributed by atoms with Crippen LogP contribution in [-0.2, 0) is 0 Å². The van der Waals surface area contributed by atoms with Crippen LogP contribution in [0.3, 0.4) is 0 Å². The molecule has 1 heterocycles. The maximum Gasteiger partial charge on any atom is 0.287 e. The van der Waals surface area contributed by atoms with E-state index in [1.54, 1.807) is 42.5 Å². The van der Waals surface area contributed by atoms with E-state index in [-0.39, 0.29) is 17.0 Å². The normalized spacial score (nSPS) is 10.6. The largest absolute Gasteiger partial charge is 0.506 e. The summed E-state index contributed by atoms with van der Waals surface area (Å²) in [6.07, 6.45) is 1.22. The number of para-hydroxylation sites is 1. The van der Waals surface area contributed by atoms with Gasteiger partial charge in [0.2, 0.25) is 0 Å². The monoisotopic (exact) mass is 314 g/mol. The molecule has 0 aliphatic heterocycles. The molecule has 0 fully saturated rings. The van der Waals surface area contributed by atoms with Crippen molar-refractivity contribution >= 4 is 34.1 Å². The van der Waals surface area contributed by atoms with Gasteiger partial charge in [-0.2, -0.15) is 5.06 Å². The third kappa shape index (κ3) is 2.47. The molecular weight excluding hydrogens is 304 g/mol. The predicted octanol–water partition coefficient (Wildman–Crippen LogP) is 3.63. The molecule has 3 aromatic rings. The van der Waals surface area contributed by atoms with Gasteiger partial charge in [0.15, 0.2) is 0 Å². The molecule has 0 aliphatic rings. The van der Waals surface area contributed by atoms with Crippen LogP contribution >= 0.6 is 11.6 Å². The van der Waals surface area contributed by atoms with Crippen molar-refractivity contribution < 1.29 is 15.1 Å². The van der Waals surface area contributed by atoms with Gasteiger partial charge in [0.25, 0.3) is 5.91 Å². The topological polar surface area (TPSA) is 73.7 Å². The Hall–Kier alpha value is -2.63. The van der Waals surface area contributed by atoms with Gasteiger partial charge in [-0.25, -0.2) is 0 Å². The number of halogens is 1. The van der Waals surface area contributed by atoms with Crippen LogP contribution in [0, 0.1) is 0 Å². The molecule has 2 N–H and O–H groups in total. The molecule has 1 aromatic heterocycles. The zero-order valence-electron chi connectivity index (χ0n) is 11.3. The summed E-state index contributed by atoms with van der Waals surface area (Å²) in [6, 6.07) is 13.1. The van der Waals surface area contributed by atoms with Crippen LogP contribution in [0.5, 0.6) is 5.75 Å². The number of aromatic nitrogens is 1. The molecule has 5 nitrogen and oxygen atoms in total. The number of pyridine rings is 1. The fraction of sp³-hybridized carbons (Fsp3) is 0. The molecule has 0 spiro atoms. The van der Waals surface area contributed by atoms with Crippen LogP contribution < -0.4 is 5.06 Å². The Balaban J connectivity index is 2.06. The first-order valence-electron chi connectivity index (χ1n) is 6.43. The Bertz CT molecular complexity index is 853. The number of nitrogens with zero attached hydrogens (tertiary/aromatic N) is 2. The fourth-order valence-corrected chi connectivity index (χ4v) is 2.28. The van der Waals surface area contributed by atoms with E-state index in [0.717, 1.165) is 0 Å². The number of fused-ring (bicyclic) bond motifs is 1. The number of hydrogen-bond donors (Lipinski definition) is 2. The number of hydrogen-bond acceptors (Lipinski definition) is 4. The van der Waals surface area contributed by atoms with E-state index in [1.165, 1.54) is 12.3 Å². The van der Waals surface area contributed by atoms with E-state index in [4.69, 9.17) is 11.6 Å². The molecule has 1 amide bonds. The van der Waals surface area contributed by atoms with Crippen molar-refractivity contribution in [1.82, 2.24) is 4.98 Å². The number of carbonyl (C=O) groups excluding carboxylic acids is 1. The minimum Gasteiger partial charge on any atom is -0.506 e. The third-order valence-electron chi connectivity index (χ3n) is 3.23. The van der Waals surface area contributed by atoms with Crippen LogP contribution in [0.15, 0.2) is 54.7 Å². The van der Waals surface area contributed by atoms with E-state index < -0.39 is 5.91 Å². The average molecular weight is 315 g/mol. The summed E-state index contributed by atoms with van der Waals surface area (Å²) < 4.78 is 0. The summed E-state index contributed by atoms with van der Waals surface area (Å²) in [5.41, 5.74) is 0.682. The highest BCUT2D eigenvalue weighted by Crippen LogP contribution is 2.30. The standard InChI is InChI=1S/C16H11ClN2O3/c17-10-6-7-14-12(8-10)15(20)13(9-18-14)16(21)19(22)11-4-2-1-3-5-11/h1-9,22H,(H,18,20). The summed E-state index contributed by atoms with van der Waals surface area (Å²) in [4.78, 5) is 16.4. The van der Waals surface area contributed by atoms with Gasteiger partial charge >= 0.3 is 0 Å². The zero-order chi connectivity index (χ0) is 15.7. The molecule has 0 unspecified atom stereocenters. The number of benzene rings is 2. The first kappa shape index (κ1) is 14.3. The van der Waals surface area contributed by atoms with Gasteiger partial charge in [-0.05, 0) is 30.3 Å². The van der Waals surface area contributed by atoms with E-state index in [9.17, 15) is 15.1 Å². The van der Waals surface area contributed by atoms with E-state index in [1.807, 2.05) is 0 Å². The van der Waals surface area contributed by atoms with Gasteiger partial charge in [0.1, 0.15) is 11.3 Å². The number of anilines is 1. The van der Waals surface area contributed by atoms with Crippen LogP contribution in [0.25, 0.3) is 10.9 Å². The van der Waals surface area contributed by atoms with Crippen molar-refractivity contribution in [3.8, 4) is 5.75 Å². The lowest BCUT2D eigenvalue weighted by atomic mass is 10.1. The van der Waals surface area contributed by atoms with Gasteiger partial charge in [0, 0.05) is 16.6 Å². The third-order valence-corrected chi connectivity index (χ3v) is 3.46. The lowest BCUT2D eigenvalue weighted by molar-refractivity contribution is 0.0852. The molecule has 3 rings (SSSR count). The van der Waals surface area contributed by atoms with E-state index in [0.29, 0.717) is 21.0 Å². The van der Waals surface area contributed by atoms with Gasteiger partial charge in [-0.3, -0.25) is 15.0 Å². The molecule has 0 saturated heterocycles. The first-order valence-corrected chi connectivity index (χ1v) is 6.81. The molecular formula is C16H11ClN2O3. The number of carbonyl (C=O) groups is 1. The number of aromatic hydroxyl groups is 1. The Kier molecular flexibility index (Phi) is 3.66. The van der Waals surface area contributed by atoms with Crippen LogP contribution in [0.2, 0.25) is 5.02 Å². The first-order chi connectivity index (χ1) is 10.6. The number of rotatable bonds is 2. The van der Waals surface area contributed by atoms with Crippen molar-refractivity contribution in [2.75, 3.05) is 5.06 Å². The van der Waals surface area contributed by atoms with Crippen molar-refractivity contribution in [3.05, 3.63) is 65.3 Å². The minimum atomic E-state index is -0.780. The van der Waals surface area contributed by atoms with Crippen LogP contribution in [0.1, 0.15) is 10.4 Å². The molecule has 0 radical (unpaired) electrons. The second-order valence-electron chi connectivity index (χ2n) is 4.63. The predicted molar refractivity (Wildman–Crippen MR) is 83.5 cm³/mol. The molecule has 0 atom stereocenters. The highest BCUT2D eigenvalue weighted by atomic mass is 35.5. The van der Waals surface area contributed by atoms with Crippen molar-refractivity contribution in [2.24, 2.45) is 0 Å². The Morgan fingerprint density at radius 3 is 2.59 bits per heavy atom. The average Bonchev–Trinajstić information content (AvgIpc) is 2.55. The second-order valence-corrected chi connectivity index (χ2v) is 5.07. The van der Waals surface area contributed by atoms with Crippen LogP contribution in [-0.4, -0.2) is 21.2 Å². The van der Waals surface area contributed by atoms with Gasteiger partial charge in [-0.15, -0.1) is 0 Å². The van der Waals surface area contributed by atoms with Crippen molar-refractivity contribution in [2.45, 2.75) is 0 Å². The summed E-state index contributed by atoms with van der Waals surface area (Å²) in [7, 11) is 0. The molecule has 110 valence electrons. The smallest absolute Gasteiger partial charge is 0.287 e. The summed E-state index contributed by atoms with van der Waals surface area (Å²) >= 11 is 5.90. The molecule has 2 aromatic carbocycles. The lowest BCUT2D eigenvalue weighted by Gasteiger charge is -2.16. The Morgan fingerprint density at radius 2 is 1.86 bits per heavy atom. The SMILES string of the molecule is O=C(c1cnc2ccc(Cl)cc2c1O)N(O)c1ccccc1. The lowest BCUT2D eigenvalue weighted by Crippen LogP contribution is -2.27. The van der Waals surface area contributed by atoms with Crippen molar-refractivity contribution in [1.29, 1.82) is 0 Å². The highest BCUT2D eigenvalue weighted by Gasteiger charge is 2.21. The maximum atomic E-state index is 12.3. The molecule has 0 saturated carbocycles. The van der Waals surface area contributed by atoms with Gasteiger partial charge < -0.3 is 5.11 Å². The maximum absolute atomic E-state index is 12.3. The van der Waals surface area contributed by atoms with Crippen LogP contribution in [0.4, 0.5) is 5.69 Å². The highest BCUT2D eigenvalue weighted by molar-refractivity contribution is 6.31. The Labute approximate surface area is 131 Å². The summed E-state index contributed by atoms with van der Waals surface area (Å²) in [6.45, 7) is 0. The number of amides is 1. The second kappa shape index (κ2) is 5.63. The quantitative estimate of drug-likeness (QED) is 0.559. The van der Waals surface area contributed by atoms with Crippen molar-refractivity contribution in [3.63, 3.8) is 0 Å². The Morgan fingerprint density at radius 1 is 1.14 bits per heavy atom. The van der Waals surface area contributed by atoms with Gasteiger partial charge in [-0.1, -0.05) is 29.8 Å². The van der Waals surface area contributed by atoms with Gasteiger partial charge in [0.05, 0.1) is 11.2 Å². The zero-order valence-corrected chi connectivity index (χ0v) is 12.0. The molecule has 0 aliphatic carbocycles. The summed E-state index contributed by atoms with van der Waals surface area (Å²) in [5.74, 6) is -1.05. The minimum absolute atomic E-state index is 0.110. The number of hydroxylamine groups is 1. The van der Waals surface area contributed by atoms with E-state index in [2.05, 4.69) is 4.98 Å². The molecule has 22 heavy (non-hydrogen) atoms. The molecule has 0 bridgehead atoms. The van der Waals surface area contributed by atoms with E-state index >= 15 is 0 Å².